The highest BCUT2D eigenvalue weighted by Crippen LogP contribution is 2.37. The molecule has 2 aromatic heterocycles. The van der Waals surface area contributed by atoms with Crippen molar-refractivity contribution in [2.45, 2.75) is 38.5 Å². The predicted octanol–water partition coefficient (Wildman–Crippen LogP) is 8.40. The van der Waals surface area contributed by atoms with Gasteiger partial charge in [-0.15, -0.1) is 22.7 Å². The van der Waals surface area contributed by atoms with Crippen molar-refractivity contribution in [2.75, 3.05) is 0 Å². The lowest BCUT2D eigenvalue weighted by molar-refractivity contribution is -0.126. The number of hydrogen-bond acceptors (Lipinski definition) is 3. The monoisotopic (exact) mass is 458 g/mol. The van der Waals surface area contributed by atoms with E-state index in [2.05, 4.69) is 110 Å². The van der Waals surface area contributed by atoms with Crippen LogP contribution in [0.3, 0.4) is 0 Å². The highest BCUT2D eigenvalue weighted by Gasteiger charge is 2.28. The van der Waals surface area contributed by atoms with Gasteiger partial charge >= 0.3 is 0 Å². The Hall–Kier alpha value is -2.49. The summed E-state index contributed by atoms with van der Waals surface area (Å²) in [4.78, 5) is 16.2. The van der Waals surface area contributed by atoms with E-state index in [0.717, 1.165) is 12.8 Å². The first kappa shape index (κ1) is 22.7. The average Bonchev–Trinajstić information content (AvgIpc) is 3.56. The summed E-state index contributed by atoms with van der Waals surface area (Å²) in [7, 11) is 0. The smallest absolute Gasteiger partial charge is 0.138 e. The molecule has 4 aromatic rings. The maximum atomic E-state index is 13.5. The number of hydrogen-bond donors (Lipinski definition) is 0. The fourth-order valence-electron chi connectivity index (χ4n) is 4.61. The normalized spacial score (nSPS) is 15.1. The zero-order chi connectivity index (χ0) is 22.3. The molecule has 0 N–H and O–H groups in total. The van der Waals surface area contributed by atoms with Crippen LogP contribution in [0, 0.1) is 11.8 Å². The van der Waals surface area contributed by atoms with Crippen molar-refractivity contribution in [1.29, 1.82) is 0 Å². The summed E-state index contributed by atoms with van der Waals surface area (Å²) in [6.07, 6.45) is 1.70. The molecule has 0 saturated carbocycles. The Kier molecular flexibility index (Phi) is 7.72. The molecule has 0 aliphatic heterocycles. The van der Waals surface area contributed by atoms with Gasteiger partial charge in [0.15, 0.2) is 0 Å². The van der Waals surface area contributed by atoms with Gasteiger partial charge in [-0.1, -0.05) is 86.6 Å². The van der Waals surface area contributed by atoms with Gasteiger partial charge in [0, 0.05) is 33.4 Å². The van der Waals surface area contributed by atoms with Gasteiger partial charge in [0.25, 0.3) is 0 Å². The van der Waals surface area contributed by atoms with E-state index in [9.17, 15) is 4.79 Å². The summed E-state index contributed by atoms with van der Waals surface area (Å²) < 4.78 is 0. The van der Waals surface area contributed by atoms with Crippen LogP contribution in [-0.2, 0) is 4.79 Å². The van der Waals surface area contributed by atoms with Gasteiger partial charge in [-0.25, -0.2) is 0 Å². The molecule has 3 heteroatoms. The maximum absolute atomic E-state index is 13.5. The third-order valence-electron chi connectivity index (χ3n) is 6.33. The summed E-state index contributed by atoms with van der Waals surface area (Å²) in [5, 5.41) is 4.26. The molecule has 32 heavy (non-hydrogen) atoms. The molecule has 2 aromatic carbocycles. The SMILES string of the molecule is CC(CC(c1ccccc1)c1cccs1)C(=O)C(C)CC(c1ccccc1)c1cccs1. The Morgan fingerprint density at radius 2 is 1.03 bits per heavy atom. The Morgan fingerprint density at radius 1 is 0.625 bits per heavy atom. The van der Waals surface area contributed by atoms with Gasteiger partial charge in [-0.2, -0.15) is 0 Å². The number of thiophene rings is 2. The van der Waals surface area contributed by atoms with Crippen LogP contribution < -0.4 is 0 Å². The number of carbonyl (C=O) groups excluding carboxylic acids is 1. The minimum absolute atomic E-state index is 0.0112. The molecule has 4 unspecified atom stereocenters. The van der Waals surface area contributed by atoms with Crippen LogP contribution in [0.4, 0.5) is 0 Å². The lowest BCUT2D eigenvalue weighted by atomic mass is 9.80. The van der Waals surface area contributed by atoms with Crippen LogP contribution in [0.5, 0.6) is 0 Å². The summed E-state index contributed by atoms with van der Waals surface area (Å²) in [6, 6.07) is 29.9. The second-order valence-electron chi connectivity index (χ2n) is 8.63. The van der Waals surface area contributed by atoms with Crippen LogP contribution in [0.15, 0.2) is 95.7 Å². The van der Waals surface area contributed by atoms with Gasteiger partial charge in [0.05, 0.1) is 0 Å². The van der Waals surface area contributed by atoms with Gasteiger partial charge in [-0.3, -0.25) is 4.79 Å². The third-order valence-corrected chi connectivity index (χ3v) is 8.30. The second-order valence-corrected chi connectivity index (χ2v) is 10.6. The number of Topliss-reactive ketones (excluding diaryl/α,β-unsaturated/α-hetero) is 1. The van der Waals surface area contributed by atoms with Gasteiger partial charge < -0.3 is 0 Å². The first-order chi connectivity index (χ1) is 15.6. The Balaban J connectivity index is 1.50. The molecule has 2 heterocycles. The molecular formula is C29H30OS2. The first-order valence-electron chi connectivity index (χ1n) is 11.3. The van der Waals surface area contributed by atoms with Crippen LogP contribution in [0.1, 0.15) is 59.4 Å². The average molecular weight is 459 g/mol. The van der Waals surface area contributed by atoms with E-state index in [1.807, 2.05) is 0 Å². The molecule has 1 nitrogen and oxygen atoms in total. The van der Waals surface area contributed by atoms with E-state index in [4.69, 9.17) is 0 Å². The quantitative estimate of drug-likeness (QED) is 0.233. The fraction of sp³-hybridized carbons (Fsp3) is 0.276. The molecule has 0 amide bonds. The number of ketones is 1. The molecule has 0 spiro atoms. The first-order valence-corrected chi connectivity index (χ1v) is 13.1. The van der Waals surface area contributed by atoms with Crippen molar-refractivity contribution < 1.29 is 4.79 Å². The molecule has 164 valence electrons. The van der Waals surface area contributed by atoms with E-state index in [1.165, 1.54) is 20.9 Å². The highest BCUT2D eigenvalue weighted by atomic mass is 32.1. The van der Waals surface area contributed by atoms with Crippen molar-refractivity contribution >= 4 is 28.5 Å². The predicted molar refractivity (Wildman–Crippen MR) is 138 cm³/mol. The molecule has 0 aliphatic carbocycles. The van der Waals surface area contributed by atoms with Gasteiger partial charge in [0.2, 0.25) is 0 Å². The molecule has 0 aliphatic rings. The van der Waals surface area contributed by atoms with Crippen molar-refractivity contribution in [3.8, 4) is 0 Å². The minimum atomic E-state index is 0.0112. The standard InChI is InChI=1S/C29H30OS2/c1-21(19-25(27-15-9-17-31-27)23-11-5-3-6-12-23)29(30)22(2)20-26(28-16-10-18-32-28)24-13-7-4-8-14-24/h3-18,21-22,25-26H,19-20H2,1-2H3. The summed E-state index contributed by atoms with van der Waals surface area (Å²) in [5.41, 5.74) is 2.59. The molecule has 0 bridgehead atoms. The van der Waals surface area contributed by atoms with E-state index in [1.54, 1.807) is 22.7 Å². The summed E-state index contributed by atoms with van der Waals surface area (Å²) in [6.45, 7) is 4.23. The van der Waals surface area contributed by atoms with E-state index in [0.29, 0.717) is 5.78 Å². The molecule has 4 rings (SSSR count). The lowest BCUT2D eigenvalue weighted by Gasteiger charge is -2.25. The van der Waals surface area contributed by atoms with Crippen LogP contribution >= 0.6 is 22.7 Å². The van der Waals surface area contributed by atoms with Crippen molar-refractivity contribution in [3.63, 3.8) is 0 Å². The molecule has 0 radical (unpaired) electrons. The zero-order valence-corrected chi connectivity index (χ0v) is 20.3. The lowest BCUT2D eigenvalue weighted by Crippen LogP contribution is -2.23. The minimum Gasteiger partial charge on any atom is -0.299 e. The van der Waals surface area contributed by atoms with Crippen molar-refractivity contribution in [2.24, 2.45) is 11.8 Å². The fourth-order valence-corrected chi connectivity index (χ4v) is 6.34. The molecule has 4 atom stereocenters. The summed E-state index contributed by atoms with van der Waals surface area (Å²) in [5.74, 6) is 0.934. The van der Waals surface area contributed by atoms with Gasteiger partial charge in [-0.05, 0) is 46.9 Å². The second kappa shape index (κ2) is 10.9. The van der Waals surface area contributed by atoms with Crippen molar-refractivity contribution in [1.82, 2.24) is 0 Å². The topological polar surface area (TPSA) is 17.1 Å². The summed E-state index contributed by atoms with van der Waals surface area (Å²) >= 11 is 3.57. The molecule has 0 fully saturated rings. The third kappa shape index (κ3) is 5.46. The van der Waals surface area contributed by atoms with E-state index < -0.39 is 0 Å². The molecule has 0 saturated heterocycles. The Bertz CT molecular complexity index is 981. The largest absolute Gasteiger partial charge is 0.299 e. The van der Waals surface area contributed by atoms with E-state index >= 15 is 0 Å². The Morgan fingerprint density at radius 3 is 1.38 bits per heavy atom. The van der Waals surface area contributed by atoms with Crippen LogP contribution in [-0.4, -0.2) is 5.78 Å². The van der Waals surface area contributed by atoms with Gasteiger partial charge in [0.1, 0.15) is 5.78 Å². The van der Waals surface area contributed by atoms with Crippen molar-refractivity contribution in [3.05, 3.63) is 117 Å². The highest BCUT2D eigenvalue weighted by molar-refractivity contribution is 7.10. The Labute approximate surface area is 199 Å². The number of rotatable bonds is 10. The van der Waals surface area contributed by atoms with Crippen LogP contribution in [0.2, 0.25) is 0 Å². The maximum Gasteiger partial charge on any atom is 0.138 e. The number of carbonyl (C=O) groups is 1. The number of benzene rings is 2. The van der Waals surface area contributed by atoms with Crippen LogP contribution in [0.25, 0.3) is 0 Å². The van der Waals surface area contributed by atoms with E-state index in [-0.39, 0.29) is 23.7 Å². The molecular weight excluding hydrogens is 428 g/mol. The zero-order valence-electron chi connectivity index (χ0n) is 18.7.